The van der Waals surface area contributed by atoms with Crippen LogP contribution in [0.5, 0.6) is 0 Å². The highest BCUT2D eigenvalue weighted by Gasteiger charge is 2.31. The van der Waals surface area contributed by atoms with Gasteiger partial charge >= 0.3 is 0 Å². The molecule has 80 valence electrons. The second-order valence-electron chi connectivity index (χ2n) is 3.50. The molecular weight excluding hydrogens is 260 g/mol. The Morgan fingerprint density at radius 3 is 3.07 bits per heavy atom. The molecule has 5 heteroatoms. The molecule has 2 rings (SSSR count). The van der Waals surface area contributed by atoms with E-state index in [-0.39, 0.29) is 18.6 Å². The number of hydrogen-bond donors (Lipinski definition) is 1. The fraction of sp³-hybridized carbons (Fsp3) is 0.400. The molecule has 15 heavy (non-hydrogen) atoms. The number of aromatic nitrogens is 1. The third kappa shape index (κ3) is 2.03. The van der Waals surface area contributed by atoms with Crippen LogP contribution in [0, 0.1) is 0 Å². The predicted molar refractivity (Wildman–Crippen MR) is 59.5 cm³/mol. The van der Waals surface area contributed by atoms with E-state index < -0.39 is 0 Å². The Labute approximate surface area is 96.1 Å². The molecule has 1 amide bonds. The van der Waals surface area contributed by atoms with Crippen molar-refractivity contribution in [3.8, 4) is 0 Å². The molecule has 0 aliphatic carbocycles. The lowest BCUT2D eigenvalue weighted by Gasteiger charge is -2.22. The van der Waals surface area contributed by atoms with E-state index in [4.69, 9.17) is 5.11 Å². The second kappa shape index (κ2) is 4.28. The molecule has 0 saturated carbocycles. The highest BCUT2D eigenvalue weighted by Crippen LogP contribution is 2.27. The van der Waals surface area contributed by atoms with Crippen LogP contribution in [-0.2, 0) is 4.79 Å². The van der Waals surface area contributed by atoms with Gasteiger partial charge in [0.15, 0.2) is 0 Å². The summed E-state index contributed by atoms with van der Waals surface area (Å²) in [6.07, 6.45) is 4.51. The average molecular weight is 271 g/mol. The van der Waals surface area contributed by atoms with Crippen molar-refractivity contribution in [2.24, 2.45) is 0 Å². The molecule has 0 spiro atoms. The van der Waals surface area contributed by atoms with Gasteiger partial charge in [-0.2, -0.15) is 0 Å². The van der Waals surface area contributed by atoms with Crippen LogP contribution in [0.15, 0.2) is 22.9 Å². The summed E-state index contributed by atoms with van der Waals surface area (Å²) in [6.45, 7) is -0.00173. The molecule has 4 nitrogen and oxygen atoms in total. The zero-order valence-corrected chi connectivity index (χ0v) is 9.64. The highest BCUT2D eigenvalue weighted by atomic mass is 79.9. The van der Waals surface area contributed by atoms with Crippen molar-refractivity contribution in [3.05, 3.63) is 22.9 Å². The van der Waals surface area contributed by atoms with Crippen molar-refractivity contribution in [3.63, 3.8) is 0 Å². The first-order valence-electron chi connectivity index (χ1n) is 4.76. The van der Waals surface area contributed by atoms with Gasteiger partial charge in [0.25, 0.3) is 0 Å². The van der Waals surface area contributed by atoms with E-state index in [0.29, 0.717) is 12.8 Å². The van der Waals surface area contributed by atoms with Crippen molar-refractivity contribution in [2.45, 2.75) is 18.9 Å². The van der Waals surface area contributed by atoms with E-state index in [9.17, 15) is 4.79 Å². The van der Waals surface area contributed by atoms with Crippen molar-refractivity contribution in [1.29, 1.82) is 0 Å². The average Bonchev–Trinajstić information content (AvgIpc) is 2.59. The molecular formula is C10H11BrN2O2. The number of anilines is 1. The second-order valence-corrected chi connectivity index (χ2v) is 4.42. The summed E-state index contributed by atoms with van der Waals surface area (Å²) in [4.78, 5) is 17.3. The van der Waals surface area contributed by atoms with Crippen LogP contribution in [0.1, 0.15) is 12.8 Å². The van der Waals surface area contributed by atoms with E-state index in [1.54, 1.807) is 17.3 Å². The number of rotatable bonds is 2. The monoisotopic (exact) mass is 270 g/mol. The summed E-state index contributed by atoms with van der Waals surface area (Å²) >= 11 is 3.31. The Bertz CT molecular complexity index is 383. The van der Waals surface area contributed by atoms with Crippen molar-refractivity contribution < 1.29 is 9.90 Å². The largest absolute Gasteiger partial charge is 0.394 e. The standard InChI is InChI=1S/C10H11BrN2O2/c11-7-3-9(5-12-4-7)13-8(6-14)1-2-10(13)15/h3-5,8,14H,1-2,6H2/t8-/m0/s1. The predicted octanol–water partition coefficient (Wildman–Crippen LogP) is 1.33. The van der Waals surface area contributed by atoms with Crippen molar-refractivity contribution in [1.82, 2.24) is 4.98 Å². The SMILES string of the molecule is O=C1CC[C@@H](CO)N1c1cncc(Br)c1. The normalized spacial score (nSPS) is 21.1. The molecule has 1 fully saturated rings. The molecule has 1 saturated heterocycles. The fourth-order valence-corrected chi connectivity index (χ4v) is 2.16. The Morgan fingerprint density at radius 1 is 1.60 bits per heavy atom. The van der Waals surface area contributed by atoms with E-state index in [1.165, 1.54) is 0 Å². The smallest absolute Gasteiger partial charge is 0.227 e. The fourth-order valence-electron chi connectivity index (χ4n) is 1.80. The molecule has 1 aliphatic heterocycles. The van der Waals surface area contributed by atoms with Crippen LogP contribution in [0.3, 0.4) is 0 Å². The van der Waals surface area contributed by atoms with Gasteiger partial charge in [0.2, 0.25) is 5.91 Å². The van der Waals surface area contributed by atoms with Gasteiger partial charge in [-0.05, 0) is 28.4 Å². The van der Waals surface area contributed by atoms with Crippen LogP contribution in [0.4, 0.5) is 5.69 Å². The Hall–Kier alpha value is -0.940. The van der Waals surface area contributed by atoms with Crippen LogP contribution in [-0.4, -0.2) is 28.6 Å². The van der Waals surface area contributed by atoms with Gasteiger partial charge < -0.3 is 10.0 Å². The number of hydrogen-bond acceptors (Lipinski definition) is 3. The first-order chi connectivity index (χ1) is 7.22. The summed E-state index contributed by atoms with van der Waals surface area (Å²) in [5.41, 5.74) is 0.742. The Morgan fingerprint density at radius 2 is 2.40 bits per heavy atom. The van der Waals surface area contributed by atoms with E-state index in [0.717, 1.165) is 10.2 Å². The lowest BCUT2D eigenvalue weighted by atomic mass is 10.2. The molecule has 2 heterocycles. The maximum absolute atomic E-state index is 11.6. The highest BCUT2D eigenvalue weighted by molar-refractivity contribution is 9.10. The van der Waals surface area contributed by atoms with Crippen LogP contribution >= 0.6 is 15.9 Å². The lowest BCUT2D eigenvalue weighted by molar-refractivity contribution is -0.117. The van der Waals surface area contributed by atoms with E-state index >= 15 is 0 Å². The van der Waals surface area contributed by atoms with E-state index in [2.05, 4.69) is 20.9 Å². The molecule has 1 N–H and O–H groups in total. The summed E-state index contributed by atoms with van der Waals surface area (Å²) in [7, 11) is 0. The van der Waals surface area contributed by atoms with Crippen LogP contribution in [0.25, 0.3) is 0 Å². The van der Waals surface area contributed by atoms with Gasteiger partial charge in [-0.3, -0.25) is 9.78 Å². The van der Waals surface area contributed by atoms with Crippen molar-refractivity contribution >= 4 is 27.5 Å². The number of halogens is 1. The van der Waals surface area contributed by atoms with Crippen LogP contribution < -0.4 is 4.90 Å². The van der Waals surface area contributed by atoms with Gasteiger partial charge in [0, 0.05) is 17.1 Å². The molecule has 0 bridgehead atoms. The number of aliphatic hydroxyl groups is 1. The maximum Gasteiger partial charge on any atom is 0.227 e. The molecule has 0 unspecified atom stereocenters. The minimum atomic E-state index is -0.103. The zero-order valence-electron chi connectivity index (χ0n) is 8.06. The number of aliphatic hydroxyl groups excluding tert-OH is 1. The minimum absolute atomic E-state index is 0.00173. The number of nitrogens with zero attached hydrogens (tertiary/aromatic N) is 2. The Balaban J connectivity index is 2.32. The van der Waals surface area contributed by atoms with Gasteiger partial charge in [0.05, 0.1) is 24.5 Å². The van der Waals surface area contributed by atoms with Gasteiger partial charge in [-0.25, -0.2) is 0 Å². The molecule has 1 aromatic rings. The summed E-state index contributed by atoms with van der Waals surface area (Å²) in [5, 5.41) is 9.16. The molecule has 0 aromatic carbocycles. The number of carbonyl (C=O) groups excluding carboxylic acids is 1. The first-order valence-corrected chi connectivity index (χ1v) is 5.55. The zero-order chi connectivity index (χ0) is 10.8. The lowest BCUT2D eigenvalue weighted by Crippen LogP contribution is -2.35. The number of pyridine rings is 1. The van der Waals surface area contributed by atoms with Crippen LogP contribution in [0.2, 0.25) is 0 Å². The summed E-state index contributed by atoms with van der Waals surface area (Å²) < 4.78 is 0.830. The minimum Gasteiger partial charge on any atom is -0.394 e. The van der Waals surface area contributed by atoms with Gasteiger partial charge in [-0.1, -0.05) is 0 Å². The van der Waals surface area contributed by atoms with Gasteiger partial charge in [-0.15, -0.1) is 0 Å². The maximum atomic E-state index is 11.6. The molecule has 1 aliphatic rings. The first kappa shape index (κ1) is 10.6. The molecule has 0 radical (unpaired) electrons. The van der Waals surface area contributed by atoms with E-state index in [1.807, 2.05) is 6.07 Å². The Kier molecular flexibility index (Phi) is 3.02. The summed E-state index contributed by atoms with van der Waals surface area (Å²) in [5.74, 6) is 0.0500. The van der Waals surface area contributed by atoms with Crippen molar-refractivity contribution in [2.75, 3.05) is 11.5 Å². The quantitative estimate of drug-likeness (QED) is 0.882. The third-order valence-electron chi connectivity index (χ3n) is 2.50. The molecule has 1 atom stereocenters. The summed E-state index contributed by atoms with van der Waals surface area (Å²) in [6, 6.07) is 1.73. The third-order valence-corrected chi connectivity index (χ3v) is 2.94. The van der Waals surface area contributed by atoms with Gasteiger partial charge in [0.1, 0.15) is 0 Å². The number of amides is 1. The topological polar surface area (TPSA) is 53.4 Å². The molecule has 1 aromatic heterocycles. The number of carbonyl (C=O) groups is 1.